The van der Waals surface area contributed by atoms with E-state index < -0.39 is 10.0 Å². The fourth-order valence-corrected chi connectivity index (χ4v) is 4.27. The second kappa shape index (κ2) is 5.95. The number of fused-ring (bicyclic) bond motifs is 1. The summed E-state index contributed by atoms with van der Waals surface area (Å²) in [5.41, 5.74) is 2.36. The normalized spacial score (nSPS) is 15.0. The Labute approximate surface area is 120 Å². The quantitative estimate of drug-likeness (QED) is 0.785. The van der Waals surface area contributed by atoms with Crippen LogP contribution in [-0.2, 0) is 16.4 Å². The molecule has 0 unspecified atom stereocenters. The Morgan fingerprint density at radius 2 is 2.10 bits per heavy atom. The number of nitrogens with zero attached hydrogens (tertiary/aromatic N) is 1. The van der Waals surface area contributed by atoms with Crippen molar-refractivity contribution in [3.63, 3.8) is 0 Å². The standard InChI is InChI=1S/C15H21NO3S/c1-3-4-10-20(18,19)16-9-5-6-14-11-13(12(2)17)7-8-15(14)16/h7-8,11H,3-6,9-10H2,1-2H3. The average Bonchev–Trinajstić information content (AvgIpc) is 2.43. The molecule has 0 saturated carbocycles. The molecule has 0 N–H and O–H groups in total. The van der Waals surface area contributed by atoms with E-state index in [1.54, 1.807) is 12.1 Å². The van der Waals surface area contributed by atoms with Crippen LogP contribution in [0.25, 0.3) is 0 Å². The molecule has 0 aliphatic carbocycles. The summed E-state index contributed by atoms with van der Waals surface area (Å²) in [6, 6.07) is 5.32. The highest BCUT2D eigenvalue weighted by atomic mass is 32.2. The summed E-state index contributed by atoms with van der Waals surface area (Å²) < 4.78 is 26.3. The van der Waals surface area contributed by atoms with Gasteiger partial charge in [0, 0.05) is 12.1 Å². The van der Waals surface area contributed by atoms with Gasteiger partial charge in [-0.25, -0.2) is 8.42 Å². The van der Waals surface area contributed by atoms with E-state index in [2.05, 4.69) is 0 Å². The lowest BCUT2D eigenvalue weighted by Gasteiger charge is -2.30. The largest absolute Gasteiger partial charge is 0.295 e. The summed E-state index contributed by atoms with van der Waals surface area (Å²) in [6.45, 7) is 4.05. The topological polar surface area (TPSA) is 54.5 Å². The summed E-state index contributed by atoms with van der Waals surface area (Å²) in [4.78, 5) is 11.4. The fourth-order valence-electron chi connectivity index (χ4n) is 2.51. The van der Waals surface area contributed by atoms with Gasteiger partial charge in [0.15, 0.2) is 5.78 Å². The molecule has 0 spiro atoms. The second-order valence-electron chi connectivity index (χ2n) is 5.24. The maximum atomic E-state index is 12.4. The number of hydrogen-bond acceptors (Lipinski definition) is 3. The Balaban J connectivity index is 2.36. The van der Waals surface area contributed by atoms with Crippen molar-refractivity contribution in [3.8, 4) is 0 Å². The van der Waals surface area contributed by atoms with Crippen LogP contribution in [0.5, 0.6) is 0 Å². The third kappa shape index (κ3) is 3.03. The third-order valence-electron chi connectivity index (χ3n) is 3.65. The first-order chi connectivity index (χ1) is 9.45. The molecule has 0 saturated heterocycles. The van der Waals surface area contributed by atoms with Crippen LogP contribution >= 0.6 is 0 Å². The van der Waals surface area contributed by atoms with Crippen molar-refractivity contribution in [1.82, 2.24) is 0 Å². The number of carbonyl (C=O) groups excluding carboxylic acids is 1. The molecule has 4 nitrogen and oxygen atoms in total. The van der Waals surface area contributed by atoms with E-state index in [-0.39, 0.29) is 11.5 Å². The molecule has 110 valence electrons. The van der Waals surface area contributed by atoms with E-state index in [9.17, 15) is 13.2 Å². The van der Waals surface area contributed by atoms with Crippen molar-refractivity contribution in [1.29, 1.82) is 0 Å². The van der Waals surface area contributed by atoms with Crippen LogP contribution in [0.4, 0.5) is 5.69 Å². The molecule has 1 aromatic carbocycles. The SMILES string of the molecule is CCCCS(=O)(=O)N1CCCc2cc(C(C)=O)ccc21. The number of ketones is 1. The van der Waals surface area contributed by atoms with Gasteiger partial charge in [-0.2, -0.15) is 0 Å². The highest BCUT2D eigenvalue weighted by Gasteiger charge is 2.27. The van der Waals surface area contributed by atoms with Gasteiger partial charge in [-0.1, -0.05) is 13.3 Å². The number of aryl methyl sites for hydroxylation is 1. The minimum Gasteiger partial charge on any atom is -0.295 e. The van der Waals surface area contributed by atoms with Crippen LogP contribution in [0.1, 0.15) is 49.0 Å². The van der Waals surface area contributed by atoms with Gasteiger partial charge in [-0.3, -0.25) is 9.10 Å². The van der Waals surface area contributed by atoms with Gasteiger partial charge >= 0.3 is 0 Å². The number of unbranched alkanes of at least 4 members (excludes halogenated alkanes) is 1. The molecule has 20 heavy (non-hydrogen) atoms. The molecule has 2 rings (SSSR count). The highest BCUT2D eigenvalue weighted by Crippen LogP contribution is 2.30. The molecular formula is C15H21NO3S. The van der Waals surface area contributed by atoms with E-state index in [1.807, 2.05) is 13.0 Å². The summed E-state index contributed by atoms with van der Waals surface area (Å²) in [5, 5.41) is 0. The first kappa shape index (κ1) is 15.0. The molecule has 1 heterocycles. The van der Waals surface area contributed by atoms with Gasteiger partial charge in [0.25, 0.3) is 0 Å². The van der Waals surface area contributed by atoms with Crippen molar-refractivity contribution in [3.05, 3.63) is 29.3 Å². The molecule has 0 bridgehead atoms. The first-order valence-electron chi connectivity index (χ1n) is 7.10. The monoisotopic (exact) mass is 295 g/mol. The van der Waals surface area contributed by atoms with Crippen LogP contribution in [-0.4, -0.2) is 26.5 Å². The number of rotatable bonds is 5. The molecular weight excluding hydrogens is 274 g/mol. The Morgan fingerprint density at radius 1 is 1.35 bits per heavy atom. The molecule has 1 aliphatic rings. The Hall–Kier alpha value is -1.36. The van der Waals surface area contributed by atoms with Crippen molar-refractivity contribution < 1.29 is 13.2 Å². The van der Waals surface area contributed by atoms with Crippen LogP contribution in [0.15, 0.2) is 18.2 Å². The molecule has 1 aliphatic heterocycles. The summed E-state index contributed by atoms with van der Waals surface area (Å²) >= 11 is 0. The predicted octanol–water partition coefficient (Wildman–Crippen LogP) is 2.77. The number of anilines is 1. The molecule has 5 heteroatoms. The lowest BCUT2D eigenvalue weighted by molar-refractivity contribution is 0.101. The van der Waals surface area contributed by atoms with Gasteiger partial charge in [0.1, 0.15) is 0 Å². The van der Waals surface area contributed by atoms with Crippen molar-refractivity contribution in [2.75, 3.05) is 16.6 Å². The molecule has 0 radical (unpaired) electrons. The highest BCUT2D eigenvalue weighted by molar-refractivity contribution is 7.92. The van der Waals surface area contributed by atoms with Gasteiger partial charge in [-0.15, -0.1) is 0 Å². The van der Waals surface area contributed by atoms with Crippen LogP contribution in [0, 0.1) is 0 Å². The lowest BCUT2D eigenvalue weighted by atomic mass is 9.99. The van der Waals surface area contributed by atoms with Gasteiger partial charge in [-0.05, 0) is 49.9 Å². The maximum absolute atomic E-state index is 12.4. The molecule has 0 amide bonds. The van der Waals surface area contributed by atoms with E-state index in [1.165, 1.54) is 11.2 Å². The molecule has 0 aromatic heterocycles. The summed E-state index contributed by atoms with van der Waals surface area (Å²) in [6.07, 6.45) is 3.18. The van der Waals surface area contributed by atoms with Crippen molar-refractivity contribution in [2.45, 2.75) is 39.5 Å². The maximum Gasteiger partial charge on any atom is 0.235 e. The third-order valence-corrected chi connectivity index (χ3v) is 5.51. The zero-order chi connectivity index (χ0) is 14.8. The molecule has 1 aromatic rings. The minimum absolute atomic E-state index is 0.0127. The Kier molecular flexibility index (Phi) is 4.48. The predicted molar refractivity (Wildman–Crippen MR) is 80.8 cm³/mol. The zero-order valence-corrected chi connectivity index (χ0v) is 12.9. The number of Topliss-reactive ketones (excluding diaryl/α,β-unsaturated/α-hetero) is 1. The van der Waals surface area contributed by atoms with Crippen LogP contribution < -0.4 is 4.31 Å². The number of benzene rings is 1. The van der Waals surface area contributed by atoms with E-state index >= 15 is 0 Å². The van der Waals surface area contributed by atoms with E-state index in [0.717, 1.165) is 30.5 Å². The number of carbonyl (C=O) groups is 1. The van der Waals surface area contributed by atoms with Crippen molar-refractivity contribution in [2.24, 2.45) is 0 Å². The van der Waals surface area contributed by atoms with Crippen molar-refractivity contribution >= 4 is 21.5 Å². The van der Waals surface area contributed by atoms with Gasteiger partial charge < -0.3 is 0 Å². The van der Waals surface area contributed by atoms with E-state index in [4.69, 9.17) is 0 Å². The van der Waals surface area contributed by atoms with Crippen LogP contribution in [0.2, 0.25) is 0 Å². The van der Waals surface area contributed by atoms with Gasteiger partial charge in [0.05, 0.1) is 11.4 Å². The second-order valence-corrected chi connectivity index (χ2v) is 7.26. The minimum atomic E-state index is -3.24. The van der Waals surface area contributed by atoms with E-state index in [0.29, 0.717) is 18.5 Å². The van der Waals surface area contributed by atoms with Crippen LogP contribution in [0.3, 0.4) is 0 Å². The zero-order valence-electron chi connectivity index (χ0n) is 12.1. The van der Waals surface area contributed by atoms with Gasteiger partial charge in [0.2, 0.25) is 10.0 Å². The number of hydrogen-bond donors (Lipinski definition) is 0. The smallest absolute Gasteiger partial charge is 0.235 e. The Bertz CT molecular complexity index is 608. The summed E-state index contributed by atoms with van der Waals surface area (Å²) in [5.74, 6) is 0.205. The molecule has 0 atom stereocenters. The molecule has 0 fully saturated rings. The Morgan fingerprint density at radius 3 is 2.75 bits per heavy atom. The number of sulfonamides is 1. The average molecular weight is 295 g/mol. The summed E-state index contributed by atoms with van der Waals surface area (Å²) in [7, 11) is -3.24. The fraction of sp³-hybridized carbons (Fsp3) is 0.533. The first-order valence-corrected chi connectivity index (χ1v) is 8.71. The lowest BCUT2D eigenvalue weighted by Crippen LogP contribution is -2.37.